The number of rotatable bonds is 5. The lowest BCUT2D eigenvalue weighted by molar-refractivity contribution is -0.142. The molecular weight excluding hydrogens is 244 g/mol. The summed E-state index contributed by atoms with van der Waals surface area (Å²) < 4.78 is 0. The van der Waals surface area contributed by atoms with Crippen molar-refractivity contribution in [1.82, 2.24) is 10.6 Å². The number of carboxylic acid groups (broad SMARTS) is 1. The number of hydrogen-bond donors (Lipinski definition) is 3. The van der Waals surface area contributed by atoms with E-state index < -0.39 is 17.5 Å². The van der Waals surface area contributed by atoms with Crippen molar-refractivity contribution < 1.29 is 14.7 Å². The Kier molecular flexibility index (Phi) is 4.92. The van der Waals surface area contributed by atoms with Gasteiger partial charge in [0.1, 0.15) is 5.54 Å². The highest BCUT2D eigenvalue weighted by Crippen LogP contribution is 2.09. The molecule has 0 saturated carbocycles. The van der Waals surface area contributed by atoms with Crippen LogP contribution in [0.2, 0.25) is 0 Å². The Balaban J connectivity index is 2.58. The van der Waals surface area contributed by atoms with Crippen LogP contribution in [0.1, 0.15) is 31.9 Å². The predicted octanol–water partition coefficient (Wildman–Crippen LogP) is 1.91. The molecule has 0 spiro atoms. The summed E-state index contributed by atoms with van der Waals surface area (Å²) in [6.07, 6.45) is 0.889. The number of carbonyl (C=O) groups excluding carboxylic acids is 1. The second-order valence-corrected chi connectivity index (χ2v) is 4.86. The minimum atomic E-state index is -1.28. The average Bonchev–Trinajstić information content (AvgIpc) is 2.36. The highest BCUT2D eigenvalue weighted by Gasteiger charge is 2.28. The van der Waals surface area contributed by atoms with E-state index in [1.54, 1.807) is 0 Å². The van der Waals surface area contributed by atoms with E-state index in [4.69, 9.17) is 5.11 Å². The van der Waals surface area contributed by atoms with Crippen LogP contribution in [0.25, 0.3) is 0 Å². The number of benzene rings is 1. The van der Waals surface area contributed by atoms with E-state index in [1.807, 2.05) is 31.2 Å². The van der Waals surface area contributed by atoms with Gasteiger partial charge in [0.2, 0.25) is 0 Å². The summed E-state index contributed by atoms with van der Waals surface area (Å²) in [5.74, 6) is -1.07. The molecule has 5 heteroatoms. The fourth-order valence-corrected chi connectivity index (χ4v) is 1.63. The van der Waals surface area contributed by atoms with Crippen LogP contribution < -0.4 is 10.6 Å². The minimum absolute atomic E-state index is 0.381. The predicted molar refractivity (Wildman–Crippen MR) is 72.9 cm³/mol. The summed E-state index contributed by atoms with van der Waals surface area (Å²) in [6.45, 7) is 5.31. The molecule has 2 amide bonds. The quantitative estimate of drug-likeness (QED) is 0.760. The van der Waals surface area contributed by atoms with Gasteiger partial charge in [-0.2, -0.15) is 0 Å². The lowest BCUT2D eigenvalue weighted by Gasteiger charge is -2.21. The van der Waals surface area contributed by atoms with Gasteiger partial charge in [-0.25, -0.2) is 9.59 Å². The Morgan fingerprint density at radius 3 is 2.32 bits per heavy atom. The van der Waals surface area contributed by atoms with Crippen LogP contribution in [-0.2, 0) is 17.8 Å². The Morgan fingerprint density at radius 1 is 1.21 bits per heavy atom. The van der Waals surface area contributed by atoms with Crippen LogP contribution in [-0.4, -0.2) is 22.6 Å². The number of aryl methyl sites for hydroxylation is 1. The van der Waals surface area contributed by atoms with Crippen LogP contribution >= 0.6 is 0 Å². The van der Waals surface area contributed by atoms with E-state index in [-0.39, 0.29) is 0 Å². The molecule has 0 bridgehead atoms. The average molecular weight is 264 g/mol. The SMILES string of the molecule is CCc1ccccc1CNC(=O)NC(C)(C)C(=O)O. The molecule has 0 aliphatic carbocycles. The molecule has 0 heterocycles. The highest BCUT2D eigenvalue weighted by molar-refractivity contribution is 5.85. The van der Waals surface area contributed by atoms with Gasteiger partial charge in [0, 0.05) is 6.54 Å². The van der Waals surface area contributed by atoms with Gasteiger partial charge < -0.3 is 15.7 Å². The van der Waals surface area contributed by atoms with Crippen molar-refractivity contribution in [2.45, 2.75) is 39.3 Å². The smallest absolute Gasteiger partial charge is 0.328 e. The second-order valence-electron chi connectivity index (χ2n) is 4.86. The molecule has 19 heavy (non-hydrogen) atoms. The number of carbonyl (C=O) groups is 2. The maximum absolute atomic E-state index is 11.7. The first-order valence-corrected chi connectivity index (χ1v) is 6.23. The monoisotopic (exact) mass is 264 g/mol. The molecule has 0 fully saturated rings. The third kappa shape index (κ3) is 4.28. The van der Waals surface area contributed by atoms with Crippen molar-refractivity contribution in [3.05, 3.63) is 35.4 Å². The zero-order valence-corrected chi connectivity index (χ0v) is 11.5. The molecule has 0 saturated heterocycles. The number of nitrogens with one attached hydrogen (secondary N) is 2. The molecule has 1 aromatic rings. The molecule has 104 valence electrons. The number of aliphatic carboxylic acids is 1. The maximum atomic E-state index is 11.7. The van der Waals surface area contributed by atoms with Gasteiger partial charge in [-0.15, -0.1) is 0 Å². The van der Waals surface area contributed by atoms with E-state index >= 15 is 0 Å². The summed E-state index contributed by atoms with van der Waals surface area (Å²) in [7, 11) is 0. The molecular formula is C14H20N2O3. The summed E-state index contributed by atoms with van der Waals surface area (Å²) in [4.78, 5) is 22.5. The third-order valence-corrected chi connectivity index (χ3v) is 2.90. The minimum Gasteiger partial charge on any atom is -0.480 e. The molecule has 1 aromatic carbocycles. The molecule has 0 aromatic heterocycles. The molecule has 1 rings (SSSR count). The first-order valence-electron chi connectivity index (χ1n) is 6.23. The van der Waals surface area contributed by atoms with Gasteiger partial charge in [0.15, 0.2) is 0 Å². The zero-order chi connectivity index (χ0) is 14.5. The van der Waals surface area contributed by atoms with Crippen molar-refractivity contribution in [1.29, 1.82) is 0 Å². The first kappa shape index (κ1) is 15.0. The number of hydrogen-bond acceptors (Lipinski definition) is 2. The lowest BCUT2D eigenvalue weighted by atomic mass is 10.1. The molecule has 0 aliphatic rings. The first-order chi connectivity index (χ1) is 8.86. The number of amides is 2. The fourth-order valence-electron chi connectivity index (χ4n) is 1.63. The molecule has 5 nitrogen and oxygen atoms in total. The van der Waals surface area contributed by atoms with E-state index in [1.165, 1.54) is 19.4 Å². The Labute approximate surface area is 113 Å². The molecule has 3 N–H and O–H groups in total. The fraction of sp³-hybridized carbons (Fsp3) is 0.429. The number of carboxylic acids is 1. The highest BCUT2D eigenvalue weighted by atomic mass is 16.4. The van der Waals surface area contributed by atoms with Crippen LogP contribution in [0.4, 0.5) is 4.79 Å². The van der Waals surface area contributed by atoms with Gasteiger partial charge in [-0.05, 0) is 31.4 Å². The Bertz CT molecular complexity index is 470. The van der Waals surface area contributed by atoms with E-state index in [2.05, 4.69) is 10.6 Å². The lowest BCUT2D eigenvalue weighted by Crippen LogP contribution is -2.53. The van der Waals surface area contributed by atoms with Gasteiger partial charge in [0.25, 0.3) is 0 Å². The summed E-state index contributed by atoms with van der Waals surface area (Å²) in [6, 6.07) is 7.33. The zero-order valence-electron chi connectivity index (χ0n) is 11.5. The summed E-state index contributed by atoms with van der Waals surface area (Å²) in [5, 5.41) is 14.0. The van der Waals surface area contributed by atoms with Gasteiger partial charge >= 0.3 is 12.0 Å². The van der Waals surface area contributed by atoms with Gasteiger partial charge in [-0.3, -0.25) is 0 Å². The normalized spacial score (nSPS) is 10.9. The van der Waals surface area contributed by atoms with E-state index in [9.17, 15) is 9.59 Å². The maximum Gasteiger partial charge on any atom is 0.328 e. The van der Waals surface area contributed by atoms with E-state index in [0.29, 0.717) is 6.54 Å². The summed E-state index contributed by atoms with van der Waals surface area (Å²) >= 11 is 0. The van der Waals surface area contributed by atoms with Crippen molar-refractivity contribution >= 4 is 12.0 Å². The number of urea groups is 1. The second kappa shape index (κ2) is 6.22. The largest absolute Gasteiger partial charge is 0.480 e. The van der Waals surface area contributed by atoms with Crippen molar-refractivity contribution in [3.8, 4) is 0 Å². The molecule has 0 atom stereocenters. The van der Waals surface area contributed by atoms with Gasteiger partial charge in [0.05, 0.1) is 0 Å². The van der Waals surface area contributed by atoms with Crippen LogP contribution in [0.5, 0.6) is 0 Å². The van der Waals surface area contributed by atoms with Crippen molar-refractivity contribution in [2.75, 3.05) is 0 Å². The Hall–Kier alpha value is -2.04. The van der Waals surface area contributed by atoms with Crippen LogP contribution in [0.3, 0.4) is 0 Å². The summed E-state index contributed by atoms with van der Waals surface area (Å²) in [5.41, 5.74) is 0.919. The van der Waals surface area contributed by atoms with Crippen molar-refractivity contribution in [3.63, 3.8) is 0 Å². The third-order valence-electron chi connectivity index (χ3n) is 2.90. The molecule has 0 aliphatic heterocycles. The topological polar surface area (TPSA) is 78.4 Å². The van der Waals surface area contributed by atoms with Crippen LogP contribution in [0.15, 0.2) is 24.3 Å². The standard InChI is InChI=1S/C14H20N2O3/c1-4-10-7-5-6-8-11(10)9-15-13(19)16-14(2,3)12(17)18/h5-8H,4,9H2,1-3H3,(H,17,18)(H2,15,16,19). The Morgan fingerprint density at radius 2 is 1.79 bits per heavy atom. The van der Waals surface area contributed by atoms with Crippen molar-refractivity contribution in [2.24, 2.45) is 0 Å². The molecule has 0 radical (unpaired) electrons. The molecule has 0 unspecified atom stereocenters. The van der Waals surface area contributed by atoms with Gasteiger partial charge in [-0.1, -0.05) is 31.2 Å². The van der Waals surface area contributed by atoms with E-state index in [0.717, 1.165) is 12.0 Å². The van der Waals surface area contributed by atoms with Crippen LogP contribution in [0, 0.1) is 0 Å².